The Labute approximate surface area is 160 Å². The van der Waals surface area contributed by atoms with Gasteiger partial charge in [0, 0.05) is 5.56 Å². The number of carboxylic acids is 1. The van der Waals surface area contributed by atoms with Crippen LogP contribution < -0.4 is 0 Å². The lowest BCUT2D eigenvalue weighted by Gasteiger charge is -2.22. The summed E-state index contributed by atoms with van der Waals surface area (Å²) in [5, 5.41) is 21.7. The zero-order valence-corrected chi connectivity index (χ0v) is 16.1. The summed E-state index contributed by atoms with van der Waals surface area (Å²) in [6.07, 6.45) is 7.02. The Morgan fingerprint density at radius 3 is 2.41 bits per heavy atom. The summed E-state index contributed by atoms with van der Waals surface area (Å²) in [4.78, 5) is 10.9. The van der Waals surface area contributed by atoms with Crippen molar-refractivity contribution in [3.8, 4) is 0 Å². The normalized spacial score (nSPS) is 16.4. The molecule has 0 heterocycles. The quantitative estimate of drug-likeness (QED) is 0.412. The molecule has 0 saturated heterocycles. The van der Waals surface area contributed by atoms with Gasteiger partial charge in [-0.3, -0.25) is 0 Å². The second-order valence-corrected chi connectivity index (χ2v) is 6.45. The molecule has 0 bridgehead atoms. The van der Waals surface area contributed by atoms with E-state index in [1.165, 1.54) is 24.0 Å². The number of aryl methyl sites for hydroxylation is 1. The first-order valence-electron chi connectivity index (χ1n) is 9.45. The summed E-state index contributed by atoms with van der Waals surface area (Å²) in [5.41, 5.74) is 5.18. The Morgan fingerprint density at radius 2 is 1.78 bits per heavy atom. The van der Waals surface area contributed by atoms with Gasteiger partial charge in [0.15, 0.2) is 0 Å². The van der Waals surface area contributed by atoms with Crippen LogP contribution in [0, 0.1) is 0 Å². The first-order valence-corrected chi connectivity index (χ1v) is 9.45. The van der Waals surface area contributed by atoms with E-state index in [4.69, 9.17) is 5.11 Å². The standard InChI is InChI=1S/C21H21NO3.C2H6/c1-14-3-2-4-17-13-18(10-11-19(14)17)20(22-25)12-7-15-5-8-16(9-6-15)21(23)24;1-2/h5-14,25H,2-4H2,1H3,(H,23,24);1-2H3/b12-7+,22-20+;. The zero-order valence-electron chi connectivity index (χ0n) is 16.1. The van der Waals surface area contributed by atoms with Crippen LogP contribution in [0.3, 0.4) is 0 Å². The van der Waals surface area contributed by atoms with Crippen molar-refractivity contribution in [1.82, 2.24) is 0 Å². The molecule has 2 N–H and O–H groups in total. The summed E-state index contributed by atoms with van der Waals surface area (Å²) in [6, 6.07) is 12.8. The number of hydrogen-bond acceptors (Lipinski definition) is 3. The van der Waals surface area contributed by atoms with Gasteiger partial charge < -0.3 is 10.3 Å². The minimum atomic E-state index is -0.948. The SMILES string of the molecule is CC.CC1CCCc2cc(C(/C=C/c3ccc(C(=O)O)cc3)=N/O)ccc21. The van der Waals surface area contributed by atoms with Crippen molar-refractivity contribution in [2.75, 3.05) is 0 Å². The number of carbonyl (C=O) groups is 1. The molecule has 2 aromatic carbocycles. The van der Waals surface area contributed by atoms with Gasteiger partial charge in [0.2, 0.25) is 0 Å². The molecule has 0 amide bonds. The Hall–Kier alpha value is -2.88. The maximum atomic E-state index is 10.9. The van der Waals surface area contributed by atoms with Gasteiger partial charge in [-0.15, -0.1) is 0 Å². The first-order chi connectivity index (χ1) is 13.1. The molecule has 4 heteroatoms. The summed E-state index contributed by atoms with van der Waals surface area (Å²) < 4.78 is 0. The van der Waals surface area contributed by atoms with Crippen molar-refractivity contribution in [2.45, 2.75) is 46.0 Å². The highest BCUT2D eigenvalue weighted by atomic mass is 16.4. The number of aromatic carboxylic acids is 1. The molecule has 0 aliphatic heterocycles. The number of benzene rings is 2. The largest absolute Gasteiger partial charge is 0.478 e. The van der Waals surface area contributed by atoms with Crippen LogP contribution in [0.15, 0.2) is 53.7 Å². The summed E-state index contributed by atoms with van der Waals surface area (Å²) >= 11 is 0. The number of rotatable bonds is 4. The minimum absolute atomic E-state index is 0.247. The van der Waals surface area contributed by atoms with Gasteiger partial charge in [-0.25, -0.2) is 4.79 Å². The van der Waals surface area contributed by atoms with Crippen LogP contribution in [-0.4, -0.2) is 22.0 Å². The van der Waals surface area contributed by atoms with E-state index >= 15 is 0 Å². The molecule has 0 fully saturated rings. The lowest BCUT2D eigenvalue weighted by molar-refractivity contribution is 0.0697. The average molecular weight is 365 g/mol. The molecule has 0 radical (unpaired) electrons. The molecular formula is C23H27NO3. The van der Waals surface area contributed by atoms with E-state index in [0.717, 1.165) is 17.5 Å². The number of nitrogens with zero attached hydrogens (tertiary/aromatic N) is 1. The van der Waals surface area contributed by atoms with Gasteiger partial charge in [0.25, 0.3) is 0 Å². The van der Waals surface area contributed by atoms with E-state index in [2.05, 4.69) is 24.2 Å². The second kappa shape index (κ2) is 9.72. The zero-order chi connectivity index (χ0) is 19.8. The molecule has 0 aromatic heterocycles. The molecule has 142 valence electrons. The van der Waals surface area contributed by atoms with Gasteiger partial charge in [0.1, 0.15) is 5.71 Å². The monoisotopic (exact) mass is 365 g/mol. The van der Waals surface area contributed by atoms with E-state index in [1.54, 1.807) is 30.3 Å². The van der Waals surface area contributed by atoms with Gasteiger partial charge in [0.05, 0.1) is 5.56 Å². The van der Waals surface area contributed by atoms with Crippen LogP contribution >= 0.6 is 0 Å². The average Bonchev–Trinajstić information content (AvgIpc) is 2.70. The van der Waals surface area contributed by atoms with E-state index in [0.29, 0.717) is 11.6 Å². The summed E-state index contributed by atoms with van der Waals surface area (Å²) in [6.45, 7) is 6.25. The van der Waals surface area contributed by atoms with Crippen molar-refractivity contribution in [1.29, 1.82) is 0 Å². The van der Waals surface area contributed by atoms with E-state index in [-0.39, 0.29) is 5.56 Å². The van der Waals surface area contributed by atoms with Crippen molar-refractivity contribution in [3.05, 3.63) is 76.4 Å². The lowest BCUT2D eigenvalue weighted by Crippen LogP contribution is -2.09. The van der Waals surface area contributed by atoms with Gasteiger partial charge in [-0.05, 0) is 66.1 Å². The third-order valence-corrected chi connectivity index (χ3v) is 4.75. The molecule has 0 spiro atoms. The second-order valence-electron chi connectivity index (χ2n) is 6.45. The van der Waals surface area contributed by atoms with Crippen molar-refractivity contribution < 1.29 is 15.1 Å². The number of fused-ring (bicyclic) bond motifs is 1. The highest BCUT2D eigenvalue weighted by Crippen LogP contribution is 2.31. The predicted molar refractivity (Wildman–Crippen MR) is 110 cm³/mol. The smallest absolute Gasteiger partial charge is 0.335 e. The fourth-order valence-electron chi connectivity index (χ4n) is 3.32. The van der Waals surface area contributed by atoms with Gasteiger partial charge in [-0.1, -0.05) is 56.3 Å². The van der Waals surface area contributed by atoms with Crippen LogP contribution in [0.4, 0.5) is 0 Å². The number of carboxylic acid groups (broad SMARTS) is 1. The summed E-state index contributed by atoms with van der Waals surface area (Å²) in [7, 11) is 0. The number of hydrogen-bond donors (Lipinski definition) is 2. The molecule has 1 atom stereocenters. The summed E-state index contributed by atoms with van der Waals surface area (Å²) in [5.74, 6) is -0.368. The fraction of sp³-hybridized carbons (Fsp3) is 0.304. The maximum absolute atomic E-state index is 10.9. The fourth-order valence-corrected chi connectivity index (χ4v) is 3.32. The minimum Gasteiger partial charge on any atom is -0.478 e. The molecule has 4 nitrogen and oxygen atoms in total. The van der Waals surface area contributed by atoms with E-state index in [9.17, 15) is 10.0 Å². The van der Waals surface area contributed by atoms with Gasteiger partial charge in [-0.2, -0.15) is 0 Å². The first kappa shape index (κ1) is 20.4. The molecule has 1 aliphatic rings. The van der Waals surface area contributed by atoms with Crippen molar-refractivity contribution in [3.63, 3.8) is 0 Å². The molecule has 1 aliphatic carbocycles. The Balaban J connectivity index is 0.00000126. The van der Waals surface area contributed by atoms with Crippen LogP contribution in [0.1, 0.15) is 72.1 Å². The van der Waals surface area contributed by atoms with Crippen molar-refractivity contribution >= 4 is 17.8 Å². The highest BCUT2D eigenvalue weighted by molar-refractivity contribution is 6.10. The highest BCUT2D eigenvalue weighted by Gasteiger charge is 2.17. The molecule has 0 saturated carbocycles. The third kappa shape index (κ3) is 5.07. The molecule has 1 unspecified atom stereocenters. The van der Waals surface area contributed by atoms with E-state index < -0.39 is 5.97 Å². The van der Waals surface area contributed by atoms with Crippen LogP contribution in [0.5, 0.6) is 0 Å². The molecular weight excluding hydrogens is 338 g/mol. The Bertz CT molecular complexity index is 835. The molecule has 2 aromatic rings. The van der Waals surface area contributed by atoms with Crippen LogP contribution in [-0.2, 0) is 6.42 Å². The number of allylic oxidation sites excluding steroid dienone is 1. The van der Waals surface area contributed by atoms with Crippen LogP contribution in [0.2, 0.25) is 0 Å². The topological polar surface area (TPSA) is 69.9 Å². The third-order valence-electron chi connectivity index (χ3n) is 4.75. The molecule has 3 rings (SSSR count). The van der Waals surface area contributed by atoms with Crippen molar-refractivity contribution in [2.24, 2.45) is 5.16 Å². The van der Waals surface area contributed by atoms with E-state index in [1.807, 2.05) is 26.0 Å². The Kier molecular flexibility index (Phi) is 7.35. The Morgan fingerprint density at radius 1 is 1.11 bits per heavy atom. The maximum Gasteiger partial charge on any atom is 0.335 e. The van der Waals surface area contributed by atoms with Crippen LogP contribution in [0.25, 0.3) is 6.08 Å². The lowest BCUT2D eigenvalue weighted by atomic mass is 9.83. The predicted octanol–water partition coefficient (Wildman–Crippen LogP) is 5.74. The molecule has 27 heavy (non-hydrogen) atoms. The van der Waals surface area contributed by atoms with Gasteiger partial charge >= 0.3 is 5.97 Å². The number of oxime groups is 1.